The third-order valence-electron chi connectivity index (χ3n) is 2.52. The average molecular weight is 498 g/mol. The molecule has 0 unspecified atom stereocenters. The van der Waals surface area contributed by atoms with Gasteiger partial charge in [0.25, 0.3) is 5.91 Å². The number of nitrogens with one attached hydrogen (secondary N) is 1. The van der Waals surface area contributed by atoms with Crippen LogP contribution in [0.1, 0.15) is 20.0 Å². The summed E-state index contributed by atoms with van der Waals surface area (Å²) in [6.07, 6.45) is 0. The van der Waals surface area contributed by atoms with E-state index < -0.39 is 5.97 Å². The molecule has 110 valence electrons. The summed E-state index contributed by atoms with van der Waals surface area (Å²) < 4.78 is 6.73. The molecule has 0 saturated heterocycles. The van der Waals surface area contributed by atoms with Crippen molar-refractivity contribution in [2.24, 2.45) is 0 Å². The largest absolute Gasteiger partial charge is 0.465 e. The van der Waals surface area contributed by atoms with Crippen LogP contribution in [0.25, 0.3) is 0 Å². The molecule has 0 fully saturated rings. The summed E-state index contributed by atoms with van der Waals surface area (Å²) >= 11 is 11.3. The maximum atomic E-state index is 12.3. The Labute approximate surface area is 150 Å². The molecule has 1 aromatic carbocycles. The van der Waals surface area contributed by atoms with Crippen molar-refractivity contribution in [1.29, 1.82) is 0 Å². The number of methoxy groups -OCH3 is 1. The normalized spacial score (nSPS) is 10.3. The molecule has 21 heavy (non-hydrogen) atoms. The minimum absolute atomic E-state index is 0.264. The lowest BCUT2D eigenvalue weighted by Crippen LogP contribution is -2.15. The standard InChI is InChI=1S/C13H8Br3NO3S/c1-20-13(19)7-4-6(14)5-9(16)10(7)17-12(18)11-8(15)2-3-21-11/h2-5H,1H3,(H,17,18). The number of esters is 1. The Morgan fingerprint density at radius 1 is 1.19 bits per heavy atom. The number of amides is 1. The molecule has 0 bridgehead atoms. The van der Waals surface area contributed by atoms with E-state index in [1.165, 1.54) is 18.4 Å². The van der Waals surface area contributed by atoms with Crippen LogP contribution in [0.15, 0.2) is 37.0 Å². The Morgan fingerprint density at radius 3 is 2.48 bits per heavy atom. The highest BCUT2D eigenvalue weighted by Gasteiger charge is 2.20. The van der Waals surface area contributed by atoms with E-state index in [0.717, 1.165) is 0 Å². The first-order chi connectivity index (χ1) is 9.93. The first kappa shape index (κ1) is 16.7. The van der Waals surface area contributed by atoms with E-state index in [-0.39, 0.29) is 11.5 Å². The molecular weight excluding hydrogens is 490 g/mol. The second-order valence-electron chi connectivity index (χ2n) is 3.85. The predicted molar refractivity (Wildman–Crippen MR) is 93.2 cm³/mol. The smallest absolute Gasteiger partial charge is 0.340 e. The van der Waals surface area contributed by atoms with Crippen molar-refractivity contribution < 1.29 is 14.3 Å². The van der Waals surface area contributed by atoms with Gasteiger partial charge in [-0.05, 0) is 55.4 Å². The van der Waals surface area contributed by atoms with Crippen molar-refractivity contribution in [3.8, 4) is 0 Å². The molecule has 0 aliphatic rings. The van der Waals surface area contributed by atoms with Crippen LogP contribution in [0.3, 0.4) is 0 Å². The number of anilines is 1. The maximum Gasteiger partial charge on any atom is 0.340 e. The van der Waals surface area contributed by atoms with Crippen LogP contribution >= 0.6 is 59.1 Å². The molecular formula is C13H8Br3NO3S. The molecule has 2 aromatic rings. The van der Waals surface area contributed by atoms with Crippen molar-refractivity contribution in [3.63, 3.8) is 0 Å². The number of benzene rings is 1. The Hall–Kier alpha value is -0.700. The summed E-state index contributed by atoms with van der Waals surface area (Å²) in [7, 11) is 1.29. The van der Waals surface area contributed by atoms with Gasteiger partial charge >= 0.3 is 5.97 Å². The summed E-state index contributed by atoms with van der Waals surface area (Å²) in [6, 6.07) is 5.12. The lowest BCUT2D eigenvalue weighted by molar-refractivity contribution is 0.0602. The molecule has 4 nitrogen and oxygen atoms in total. The maximum absolute atomic E-state index is 12.3. The number of thiophene rings is 1. The Balaban J connectivity index is 2.42. The van der Waals surface area contributed by atoms with Crippen LogP contribution in [-0.2, 0) is 4.74 Å². The Bertz CT molecular complexity index is 715. The van der Waals surface area contributed by atoms with Gasteiger partial charge in [0.05, 0.1) is 18.4 Å². The van der Waals surface area contributed by atoms with Crippen LogP contribution in [0, 0.1) is 0 Å². The van der Waals surface area contributed by atoms with E-state index in [1.54, 1.807) is 23.6 Å². The molecule has 0 atom stereocenters. The summed E-state index contributed by atoms with van der Waals surface area (Å²) in [5, 5.41) is 4.54. The number of ether oxygens (including phenoxy) is 1. The minimum atomic E-state index is -0.530. The second kappa shape index (κ2) is 7.04. The zero-order valence-corrected chi connectivity index (χ0v) is 16.2. The SMILES string of the molecule is COC(=O)c1cc(Br)cc(Br)c1NC(=O)c1sccc1Br. The Kier molecular flexibility index (Phi) is 5.59. The second-order valence-corrected chi connectivity index (χ2v) is 7.39. The fraction of sp³-hybridized carbons (Fsp3) is 0.0769. The molecule has 0 radical (unpaired) electrons. The van der Waals surface area contributed by atoms with Crippen LogP contribution in [0.4, 0.5) is 5.69 Å². The first-order valence-electron chi connectivity index (χ1n) is 5.55. The quantitative estimate of drug-likeness (QED) is 0.602. The fourth-order valence-electron chi connectivity index (χ4n) is 1.60. The number of rotatable bonds is 3. The minimum Gasteiger partial charge on any atom is -0.465 e. The third-order valence-corrected chi connectivity index (χ3v) is 5.44. The topological polar surface area (TPSA) is 55.4 Å². The Morgan fingerprint density at radius 2 is 1.90 bits per heavy atom. The van der Waals surface area contributed by atoms with Crippen molar-refractivity contribution >= 4 is 76.7 Å². The highest BCUT2D eigenvalue weighted by atomic mass is 79.9. The molecule has 1 N–H and O–H groups in total. The molecule has 8 heteroatoms. The first-order valence-corrected chi connectivity index (χ1v) is 8.81. The zero-order valence-electron chi connectivity index (χ0n) is 10.6. The fourth-order valence-corrected chi connectivity index (χ4v) is 4.37. The van der Waals surface area contributed by atoms with E-state index in [4.69, 9.17) is 4.74 Å². The van der Waals surface area contributed by atoms with E-state index in [9.17, 15) is 9.59 Å². The number of hydrogen-bond acceptors (Lipinski definition) is 4. The summed E-state index contributed by atoms with van der Waals surface area (Å²) in [5.41, 5.74) is 0.634. The van der Waals surface area contributed by atoms with Gasteiger partial charge in [0.2, 0.25) is 0 Å². The van der Waals surface area contributed by atoms with Crippen molar-refractivity contribution in [3.05, 3.63) is 47.4 Å². The van der Waals surface area contributed by atoms with Crippen LogP contribution in [-0.4, -0.2) is 19.0 Å². The molecule has 0 saturated carbocycles. The highest BCUT2D eigenvalue weighted by molar-refractivity contribution is 9.11. The predicted octanol–water partition coefficient (Wildman–Crippen LogP) is 5.07. The van der Waals surface area contributed by atoms with Gasteiger partial charge in [0.15, 0.2) is 0 Å². The molecule has 0 aliphatic heterocycles. The van der Waals surface area contributed by atoms with E-state index in [0.29, 0.717) is 24.0 Å². The van der Waals surface area contributed by atoms with Crippen LogP contribution in [0.2, 0.25) is 0 Å². The van der Waals surface area contributed by atoms with Gasteiger partial charge in [-0.25, -0.2) is 4.79 Å². The molecule has 1 aromatic heterocycles. The van der Waals surface area contributed by atoms with Gasteiger partial charge < -0.3 is 10.1 Å². The monoisotopic (exact) mass is 495 g/mol. The van der Waals surface area contributed by atoms with Gasteiger partial charge in [-0.3, -0.25) is 4.79 Å². The van der Waals surface area contributed by atoms with Gasteiger partial charge in [0.1, 0.15) is 4.88 Å². The van der Waals surface area contributed by atoms with Crippen LogP contribution in [0.5, 0.6) is 0 Å². The molecule has 0 aliphatic carbocycles. The number of carbonyl (C=O) groups excluding carboxylic acids is 2. The summed E-state index contributed by atoms with van der Waals surface area (Å²) in [5.74, 6) is -0.831. The molecule has 0 spiro atoms. The summed E-state index contributed by atoms with van der Waals surface area (Å²) in [6.45, 7) is 0. The lowest BCUT2D eigenvalue weighted by atomic mass is 10.1. The van der Waals surface area contributed by atoms with E-state index in [2.05, 4.69) is 53.1 Å². The highest BCUT2D eigenvalue weighted by Crippen LogP contribution is 2.32. The zero-order chi connectivity index (χ0) is 15.6. The lowest BCUT2D eigenvalue weighted by Gasteiger charge is -2.12. The molecule has 1 amide bonds. The average Bonchev–Trinajstić information content (AvgIpc) is 2.86. The molecule has 1 heterocycles. The van der Waals surface area contributed by atoms with Crippen molar-refractivity contribution in [2.45, 2.75) is 0 Å². The summed E-state index contributed by atoms with van der Waals surface area (Å²) in [4.78, 5) is 24.7. The van der Waals surface area contributed by atoms with Gasteiger partial charge in [-0.2, -0.15) is 0 Å². The van der Waals surface area contributed by atoms with E-state index in [1.807, 2.05) is 0 Å². The van der Waals surface area contributed by atoms with E-state index >= 15 is 0 Å². The number of hydrogen-bond donors (Lipinski definition) is 1. The van der Waals surface area contributed by atoms with Crippen molar-refractivity contribution in [2.75, 3.05) is 12.4 Å². The van der Waals surface area contributed by atoms with Crippen molar-refractivity contribution in [1.82, 2.24) is 0 Å². The third kappa shape index (κ3) is 3.74. The van der Waals surface area contributed by atoms with Gasteiger partial charge in [-0.1, -0.05) is 15.9 Å². The molecule has 2 rings (SSSR count). The van der Waals surface area contributed by atoms with Gasteiger partial charge in [0, 0.05) is 13.4 Å². The van der Waals surface area contributed by atoms with Gasteiger partial charge in [-0.15, -0.1) is 11.3 Å². The van der Waals surface area contributed by atoms with Crippen LogP contribution < -0.4 is 5.32 Å². The number of halogens is 3. The number of carbonyl (C=O) groups is 2.